The molecule has 6 nitrogen and oxygen atoms in total. The van der Waals surface area contributed by atoms with E-state index in [9.17, 15) is 4.79 Å². The summed E-state index contributed by atoms with van der Waals surface area (Å²) in [7, 11) is 0. The van der Waals surface area contributed by atoms with Crippen molar-refractivity contribution in [3.8, 4) is 11.5 Å². The Labute approximate surface area is 126 Å². The molecular formula is C16H13N3O3. The highest BCUT2D eigenvalue weighted by molar-refractivity contribution is 6.03. The summed E-state index contributed by atoms with van der Waals surface area (Å²) < 4.78 is 10.6. The quantitative estimate of drug-likeness (QED) is 0.770. The molecule has 22 heavy (non-hydrogen) atoms. The number of aromatic nitrogens is 1. The number of rotatable bonds is 4. The standard InChI is InChI=1S/C16H13N3O3/c17-16-19-13(10-21-16)15(20)18-12-8-4-5-9-14(12)22-11-6-2-1-3-7-11/h1-10H,(H2,17,19)(H,18,20). The van der Waals surface area contributed by atoms with E-state index in [0.717, 1.165) is 0 Å². The molecule has 0 radical (unpaired) electrons. The third kappa shape index (κ3) is 3.06. The van der Waals surface area contributed by atoms with E-state index in [4.69, 9.17) is 14.9 Å². The zero-order valence-electron chi connectivity index (χ0n) is 11.5. The number of benzene rings is 2. The first kappa shape index (κ1) is 13.7. The number of hydrogen-bond donors (Lipinski definition) is 2. The SMILES string of the molecule is Nc1nc(C(=O)Nc2ccccc2Oc2ccccc2)co1. The minimum absolute atomic E-state index is 0.0565. The molecule has 0 saturated carbocycles. The Bertz CT molecular complexity index is 784. The topological polar surface area (TPSA) is 90.4 Å². The highest BCUT2D eigenvalue weighted by Gasteiger charge is 2.13. The van der Waals surface area contributed by atoms with Gasteiger partial charge in [0.2, 0.25) is 0 Å². The first-order chi connectivity index (χ1) is 10.7. The van der Waals surface area contributed by atoms with Gasteiger partial charge in [-0.15, -0.1) is 0 Å². The Kier molecular flexibility index (Phi) is 3.74. The van der Waals surface area contributed by atoms with Gasteiger partial charge in [-0.2, -0.15) is 4.98 Å². The van der Waals surface area contributed by atoms with Crippen molar-refractivity contribution in [2.75, 3.05) is 11.1 Å². The highest BCUT2D eigenvalue weighted by atomic mass is 16.5. The van der Waals surface area contributed by atoms with Gasteiger partial charge in [0.25, 0.3) is 11.9 Å². The fourth-order valence-electron chi connectivity index (χ4n) is 1.85. The van der Waals surface area contributed by atoms with E-state index in [2.05, 4.69) is 10.3 Å². The molecule has 110 valence electrons. The van der Waals surface area contributed by atoms with Gasteiger partial charge < -0.3 is 20.2 Å². The maximum Gasteiger partial charge on any atom is 0.292 e. The number of para-hydroxylation sites is 3. The maximum atomic E-state index is 12.1. The molecule has 0 unspecified atom stereocenters. The molecule has 1 amide bonds. The number of nitrogen functional groups attached to an aromatic ring is 1. The van der Waals surface area contributed by atoms with E-state index in [-0.39, 0.29) is 11.7 Å². The van der Waals surface area contributed by atoms with E-state index in [1.165, 1.54) is 6.26 Å². The molecule has 0 aliphatic carbocycles. The van der Waals surface area contributed by atoms with Crippen LogP contribution in [-0.4, -0.2) is 10.9 Å². The summed E-state index contributed by atoms with van der Waals surface area (Å²) >= 11 is 0. The highest BCUT2D eigenvalue weighted by Crippen LogP contribution is 2.29. The van der Waals surface area contributed by atoms with Crippen molar-refractivity contribution in [1.82, 2.24) is 4.98 Å². The van der Waals surface area contributed by atoms with Crippen LogP contribution in [0.4, 0.5) is 11.7 Å². The molecule has 0 bridgehead atoms. The van der Waals surface area contributed by atoms with Crippen LogP contribution in [0.5, 0.6) is 11.5 Å². The van der Waals surface area contributed by atoms with Crippen LogP contribution in [-0.2, 0) is 0 Å². The van der Waals surface area contributed by atoms with Gasteiger partial charge in [-0.1, -0.05) is 30.3 Å². The molecule has 1 aromatic heterocycles. The van der Waals surface area contributed by atoms with Crippen LogP contribution >= 0.6 is 0 Å². The van der Waals surface area contributed by atoms with Crippen LogP contribution in [0.15, 0.2) is 65.3 Å². The monoisotopic (exact) mass is 295 g/mol. The van der Waals surface area contributed by atoms with Gasteiger partial charge in [0.15, 0.2) is 11.4 Å². The fraction of sp³-hybridized carbons (Fsp3) is 0. The van der Waals surface area contributed by atoms with E-state index >= 15 is 0 Å². The molecule has 3 rings (SSSR count). The molecule has 0 saturated heterocycles. The number of anilines is 2. The minimum atomic E-state index is -0.426. The van der Waals surface area contributed by atoms with Gasteiger partial charge >= 0.3 is 0 Å². The van der Waals surface area contributed by atoms with Gasteiger partial charge in [0, 0.05) is 0 Å². The van der Waals surface area contributed by atoms with Gasteiger partial charge in [0.05, 0.1) is 5.69 Å². The van der Waals surface area contributed by atoms with Crippen LogP contribution in [0.3, 0.4) is 0 Å². The first-order valence-corrected chi connectivity index (χ1v) is 6.56. The minimum Gasteiger partial charge on any atom is -0.455 e. The molecule has 2 aromatic carbocycles. The first-order valence-electron chi connectivity index (χ1n) is 6.56. The van der Waals surface area contributed by atoms with Crippen LogP contribution < -0.4 is 15.8 Å². The molecule has 0 fully saturated rings. The van der Waals surface area contributed by atoms with Crippen molar-refractivity contribution >= 4 is 17.6 Å². The Morgan fingerprint density at radius 1 is 1.09 bits per heavy atom. The molecule has 3 N–H and O–H groups in total. The molecule has 1 heterocycles. The Hall–Kier alpha value is -3.28. The van der Waals surface area contributed by atoms with E-state index in [1.54, 1.807) is 18.2 Å². The van der Waals surface area contributed by atoms with Crippen LogP contribution in [0.2, 0.25) is 0 Å². The second kappa shape index (κ2) is 6.01. The number of amides is 1. The number of carbonyl (C=O) groups is 1. The summed E-state index contributed by atoms with van der Waals surface area (Å²) in [4.78, 5) is 15.9. The molecular weight excluding hydrogens is 282 g/mol. The average Bonchev–Trinajstić information content (AvgIpc) is 2.97. The smallest absolute Gasteiger partial charge is 0.292 e. The molecule has 0 atom stereocenters. The maximum absolute atomic E-state index is 12.1. The number of ether oxygens (including phenoxy) is 1. The zero-order chi connectivity index (χ0) is 15.4. The lowest BCUT2D eigenvalue weighted by Crippen LogP contribution is -2.13. The van der Waals surface area contributed by atoms with E-state index in [0.29, 0.717) is 17.2 Å². The van der Waals surface area contributed by atoms with Crippen molar-refractivity contribution in [3.05, 3.63) is 66.6 Å². The summed E-state index contributed by atoms with van der Waals surface area (Å²) in [6.45, 7) is 0. The summed E-state index contributed by atoms with van der Waals surface area (Å²) in [5.41, 5.74) is 5.99. The molecule has 6 heteroatoms. The largest absolute Gasteiger partial charge is 0.455 e. The number of nitrogens with one attached hydrogen (secondary N) is 1. The van der Waals surface area contributed by atoms with Crippen LogP contribution in [0.25, 0.3) is 0 Å². The van der Waals surface area contributed by atoms with E-state index < -0.39 is 5.91 Å². The number of nitrogens with zero attached hydrogens (tertiary/aromatic N) is 1. The summed E-state index contributed by atoms with van der Waals surface area (Å²) in [5, 5.41) is 2.72. The van der Waals surface area contributed by atoms with Gasteiger partial charge in [-0.05, 0) is 24.3 Å². The third-order valence-corrected chi connectivity index (χ3v) is 2.86. The number of carbonyl (C=O) groups excluding carboxylic acids is 1. The van der Waals surface area contributed by atoms with Crippen molar-refractivity contribution in [2.24, 2.45) is 0 Å². The normalized spacial score (nSPS) is 10.2. The molecule has 3 aromatic rings. The summed E-state index contributed by atoms with van der Waals surface area (Å²) in [6.07, 6.45) is 1.20. The zero-order valence-corrected chi connectivity index (χ0v) is 11.5. The lowest BCUT2D eigenvalue weighted by molar-refractivity contribution is 0.102. The van der Waals surface area contributed by atoms with Gasteiger partial charge in [0.1, 0.15) is 12.0 Å². The van der Waals surface area contributed by atoms with Crippen LogP contribution in [0, 0.1) is 0 Å². The summed E-state index contributed by atoms with van der Waals surface area (Å²) in [5.74, 6) is 0.776. The molecule has 0 spiro atoms. The van der Waals surface area contributed by atoms with Gasteiger partial charge in [-0.3, -0.25) is 4.79 Å². The second-order valence-electron chi connectivity index (χ2n) is 4.44. The number of oxazole rings is 1. The molecule has 0 aliphatic rings. The van der Waals surface area contributed by atoms with Crippen molar-refractivity contribution in [1.29, 1.82) is 0 Å². The predicted molar refractivity (Wildman–Crippen MR) is 81.8 cm³/mol. The number of nitrogens with two attached hydrogens (primary N) is 1. The average molecular weight is 295 g/mol. The summed E-state index contributed by atoms with van der Waals surface area (Å²) in [6, 6.07) is 16.4. The third-order valence-electron chi connectivity index (χ3n) is 2.86. The molecule has 0 aliphatic heterocycles. The van der Waals surface area contributed by atoms with Crippen molar-refractivity contribution in [3.63, 3.8) is 0 Å². The number of hydrogen-bond acceptors (Lipinski definition) is 5. The van der Waals surface area contributed by atoms with Crippen molar-refractivity contribution < 1.29 is 13.9 Å². The Morgan fingerprint density at radius 3 is 2.55 bits per heavy atom. The van der Waals surface area contributed by atoms with Crippen LogP contribution in [0.1, 0.15) is 10.5 Å². The fourth-order valence-corrected chi connectivity index (χ4v) is 1.85. The lowest BCUT2D eigenvalue weighted by Gasteiger charge is -2.11. The second-order valence-corrected chi connectivity index (χ2v) is 4.44. The lowest BCUT2D eigenvalue weighted by atomic mass is 10.2. The van der Waals surface area contributed by atoms with Crippen molar-refractivity contribution in [2.45, 2.75) is 0 Å². The predicted octanol–water partition coefficient (Wildman–Crippen LogP) is 3.30. The Morgan fingerprint density at radius 2 is 1.82 bits per heavy atom. The van der Waals surface area contributed by atoms with E-state index in [1.807, 2.05) is 36.4 Å². The van der Waals surface area contributed by atoms with Gasteiger partial charge in [-0.25, -0.2) is 0 Å². The Balaban J connectivity index is 1.81.